The highest BCUT2D eigenvalue weighted by Gasteiger charge is 2.31. The van der Waals surface area contributed by atoms with Crippen molar-refractivity contribution in [3.63, 3.8) is 0 Å². The monoisotopic (exact) mass is 1300 g/mol. The molecule has 0 unspecified atom stereocenters. The number of alkyl halides is 6. The molecule has 434 valence electrons. The summed E-state index contributed by atoms with van der Waals surface area (Å²) in [5.41, 5.74) is 2.69. The Bertz CT molecular complexity index is 3580. The molecule has 0 saturated carbocycles. The molecule has 0 radical (unpaired) electrons. The number of aryl methyl sites for hydroxylation is 2. The molecule has 82 heavy (non-hydrogen) atoms. The largest absolute Gasteiger partial charge is 0.496 e. The molecular formula is C56H55F6IN6O10S2Si. The van der Waals surface area contributed by atoms with Gasteiger partial charge in [0.25, 0.3) is 0 Å². The highest BCUT2D eigenvalue weighted by Crippen LogP contribution is 2.38. The zero-order chi connectivity index (χ0) is 59.0. The summed E-state index contributed by atoms with van der Waals surface area (Å²) in [5, 5.41) is 17.7. The maximum atomic E-state index is 13.1. The number of nitrogens with one attached hydrogen (secondary N) is 2. The van der Waals surface area contributed by atoms with E-state index < -0.39 is 40.6 Å². The lowest BCUT2D eigenvalue weighted by atomic mass is 10.1. The number of ether oxygens (including phenoxy) is 5. The van der Waals surface area contributed by atoms with E-state index in [2.05, 4.69) is 75.7 Å². The molecule has 9 aromatic rings. The summed E-state index contributed by atoms with van der Waals surface area (Å²) in [5.74, 6) is 0.880. The highest BCUT2D eigenvalue weighted by molar-refractivity contribution is 14.1. The zero-order valence-corrected chi connectivity index (χ0v) is 49.5. The lowest BCUT2D eigenvalue weighted by Gasteiger charge is -2.10. The van der Waals surface area contributed by atoms with Gasteiger partial charge in [0.15, 0.2) is 11.6 Å². The van der Waals surface area contributed by atoms with Gasteiger partial charge in [-0.15, -0.1) is 44.5 Å². The van der Waals surface area contributed by atoms with Gasteiger partial charge in [0, 0.05) is 36.5 Å². The van der Waals surface area contributed by atoms with Gasteiger partial charge in [0.05, 0.1) is 64.2 Å². The molecule has 9 rings (SSSR count). The van der Waals surface area contributed by atoms with Gasteiger partial charge in [-0.3, -0.25) is 19.0 Å². The Hall–Kier alpha value is -7.11. The van der Waals surface area contributed by atoms with Crippen LogP contribution in [0.25, 0.3) is 43.9 Å². The fraction of sp³-hybridized carbons (Fsp3) is 0.286. The number of aliphatic hydroxyl groups excluding tert-OH is 1. The maximum absolute atomic E-state index is 13.1. The number of aliphatic hydroxyl groups is 1. The molecule has 0 spiro atoms. The molecule has 3 N–H and O–H groups in total. The Morgan fingerprint density at radius 1 is 0.610 bits per heavy atom. The number of aromatic nitrogens is 6. The second-order valence-corrected chi connectivity index (χ2v) is 34.7. The predicted octanol–water partition coefficient (Wildman–Crippen LogP) is 13.9. The van der Waals surface area contributed by atoms with Crippen molar-refractivity contribution in [2.75, 3.05) is 27.4 Å². The molecule has 0 aliphatic carbocycles. The number of H-pyrrole nitrogens is 2. The van der Waals surface area contributed by atoms with E-state index in [1.165, 1.54) is 61.2 Å². The number of benzene rings is 5. The highest BCUT2D eigenvalue weighted by atomic mass is 127. The molecular weight excluding hydrogens is 1250 g/mol. The average Bonchev–Trinajstić information content (AvgIpc) is 4.40. The molecule has 16 nitrogen and oxygen atoms in total. The average molecular weight is 1310 g/mol. The topological polar surface area (TPSA) is 210 Å². The SMILES string of the molecule is COc1cc(OCc2sc(-c3ccc(C(F)(F)F)cc3)nc2CCCO)ccc1-c1noc(=O)[nH]1.COc1cc(OCc2sc(-c3ccc(C(F)(F)F)cc3)nc2CCCOCc2ccccc2)ccc1-c1noc(=O)[nH]1.C[Si](C)(C)I. The Kier molecular flexibility index (Phi) is 21.9. The molecule has 0 aliphatic heterocycles. The van der Waals surface area contributed by atoms with E-state index in [1.54, 1.807) is 36.4 Å². The van der Waals surface area contributed by atoms with Crippen molar-refractivity contribution in [1.29, 1.82) is 0 Å². The third-order valence-corrected chi connectivity index (χ3v) is 13.6. The maximum Gasteiger partial charge on any atom is 0.439 e. The summed E-state index contributed by atoms with van der Waals surface area (Å²) in [6, 6.07) is 29.7. The van der Waals surface area contributed by atoms with E-state index in [-0.39, 0.29) is 31.5 Å². The van der Waals surface area contributed by atoms with E-state index in [0.29, 0.717) is 99.9 Å². The van der Waals surface area contributed by atoms with Crippen molar-refractivity contribution < 1.29 is 64.2 Å². The number of aromatic amines is 2. The fourth-order valence-corrected chi connectivity index (χ4v) is 9.54. The summed E-state index contributed by atoms with van der Waals surface area (Å²) in [6.07, 6.45) is -6.53. The quantitative estimate of drug-likeness (QED) is 0.0201. The van der Waals surface area contributed by atoms with Gasteiger partial charge in [-0.25, -0.2) is 19.6 Å². The minimum absolute atomic E-state index is 0.0176. The van der Waals surface area contributed by atoms with Gasteiger partial charge >= 0.3 is 23.9 Å². The third-order valence-electron chi connectivity index (χ3n) is 11.3. The van der Waals surface area contributed by atoms with Crippen molar-refractivity contribution in [2.45, 2.75) is 77.5 Å². The van der Waals surface area contributed by atoms with Crippen LogP contribution in [-0.4, -0.2) is 68.4 Å². The zero-order valence-electron chi connectivity index (χ0n) is 44.7. The molecule has 5 aromatic carbocycles. The lowest BCUT2D eigenvalue weighted by Crippen LogP contribution is -2.05. The van der Waals surface area contributed by atoms with E-state index >= 15 is 0 Å². The Morgan fingerprint density at radius 2 is 1.04 bits per heavy atom. The van der Waals surface area contributed by atoms with Crippen LogP contribution >= 0.6 is 44.5 Å². The number of nitrogens with zero attached hydrogens (tertiary/aromatic N) is 4. The molecule has 0 amide bonds. The van der Waals surface area contributed by atoms with Crippen molar-refractivity contribution >= 4 is 50.0 Å². The minimum Gasteiger partial charge on any atom is -0.496 e. The van der Waals surface area contributed by atoms with E-state index in [4.69, 9.17) is 28.7 Å². The van der Waals surface area contributed by atoms with Gasteiger partial charge in [-0.2, -0.15) is 26.3 Å². The first-order valence-electron chi connectivity index (χ1n) is 25.1. The van der Waals surface area contributed by atoms with Crippen LogP contribution in [0, 0.1) is 0 Å². The predicted molar refractivity (Wildman–Crippen MR) is 309 cm³/mol. The molecule has 26 heteroatoms. The minimum atomic E-state index is -4.41. The van der Waals surface area contributed by atoms with Crippen LogP contribution < -0.4 is 30.5 Å². The van der Waals surface area contributed by atoms with Crippen molar-refractivity contribution in [2.24, 2.45) is 0 Å². The fourth-order valence-electron chi connectivity index (χ4n) is 7.49. The third kappa shape index (κ3) is 18.4. The first-order valence-corrected chi connectivity index (χ1v) is 33.3. The number of thiazole rings is 2. The summed E-state index contributed by atoms with van der Waals surface area (Å²) in [7, 11) is 2.95. The van der Waals surface area contributed by atoms with E-state index in [0.717, 1.165) is 45.3 Å². The summed E-state index contributed by atoms with van der Waals surface area (Å²) < 4.78 is 116. The van der Waals surface area contributed by atoms with E-state index in [1.807, 2.05) is 30.3 Å². The smallest absolute Gasteiger partial charge is 0.439 e. The summed E-state index contributed by atoms with van der Waals surface area (Å²) in [6.45, 7) is 8.28. The summed E-state index contributed by atoms with van der Waals surface area (Å²) >= 11 is 5.20. The van der Waals surface area contributed by atoms with Crippen LogP contribution in [0.5, 0.6) is 23.0 Å². The van der Waals surface area contributed by atoms with Crippen molar-refractivity contribution in [1.82, 2.24) is 30.2 Å². The number of hydrogen-bond acceptors (Lipinski definition) is 16. The molecule has 4 aromatic heterocycles. The van der Waals surface area contributed by atoms with Crippen LogP contribution in [0.15, 0.2) is 134 Å². The second kappa shape index (κ2) is 28.7. The lowest BCUT2D eigenvalue weighted by molar-refractivity contribution is -0.138. The molecule has 0 atom stereocenters. The molecule has 0 bridgehead atoms. The first kappa shape index (κ1) is 62.5. The molecule has 0 saturated heterocycles. The number of hydrogen-bond donors (Lipinski definition) is 3. The van der Waals surface area contributed by atoms with Crippen LogP contribution in [0.1, 0.15) is 50.7 Å². The Morgan fingerprint density at radius 3 is 1.41 bits per heavy atom. The van der Waals surface area contributed by atoms with Gasteiger partial charge in [0.2, 0.25) is 0 Å². The van der Waals surface area contributed by atoms with Crippen molar-refractivity contribution in [3.05, 3.63) is 174 Å². The van der Waals surface area contributed by atoms with Gasteiger partial charge in [-0.1, -0.05) is 84.6 Å². The van der Waals surface area contributed by atoms with Crippen LogP contribution in [0.3, 0.4) is 0 Å². The van der Waals surface area contributed by atoms with Crippen molar-refractivity contribution in [3.8, 4) is 66.9 Å². The Balaban J connectivity index is 0.000000221. The number of halogens is 7. The van der Waals surface area contributed by atoms with Gasteiger partial charge in [0.1, 0.15) is 51.8 Å². The molecule has 4 heterocycles. The normalized spacial score (nSPS) is 11.6. The van der Waals surface area contributed by atoms with E-state index in [9.17, 15) is 41.0 Å². The van der Waals surface area contributed by atoms with Gasteiger partial charge in [-0.05, 0) is 79.8 Å². The summed E-state index contributed by atoms with van der Waals surface area (Å²) in [4.78, 5) is 38.5. The molecule has 0 aliphatic rings. The number of rotatable bonds is 21. The van der Waals surface area contributed by atoms with Crippen LogP contribution in [0.4, 0.5) is 26.3 Å². The Labute approximate surface area is 487 Å². The standard InChI is InChI=1S/C30H26F3N3O5S.C23H20F3N3O5S.C3H9ISi/c1-38-25-16-22(13-14-23(25)27-35-29(37)41-36-27)40-18-26-24(8-5-15-39-17-19-6-3-2-4-7-19)34-28(42-26)20-9-11-21(12-10-20)30(31,32)33;1-32-18-11-15(8-9-16(18)20-28-22(31)34-29-20)33-12-19-17(3-2-10-30)27-21(35-19)13-4-6-14(7-5-13)23(24,25)26;1-5(2,3)4/h2-4,6-7,9-14,16H,5,8,15,17-18H2,1H3,(H,35,36,37);4-9,11,30H,2-3,10,12H2,1H3,(H,28,29,31);1-3H3. The van der Waals surface area contributed by atoms with Crippen LogP contribution in [0.2, 0.25) is 19.6 Å². The first-order chi connectivity index (χ1) is 39.1. The van der Waals surface area contributed by atoms with Gasteiger partial charge < -0.3 is 28.8 Å². The molecule has 0 fully saturated rings. The number of methoxy groups -OCH3 is 2. The second-order valence-electron chi connectivity index (χ2n) is 18.7. The van der Waals surface area contributed by atoms with Crippen LogP contribution in [-0.2, 0) is 49.8 Å².